The van der Waals surface area contributed by atoms with Crippen LogP contribution in [0.5, 0.6) is 0 Å². The fourth-order valence-electron chi connectivity index (χ4n) is 1.37. The minimum Gasteiger partial charge on any atom is -0.530 e. The summed E-state index contributed by atoms with van der Waals surface area (Å²) >= 11 is 0. The predicted octanol–water partition coefficient (Wildman–Crippen LogP) is -0.446. The molecule has 0 aliphatic carbocycles. The van der Waals surface area contributed by atoms with Crippen LogP contribution in [0.15, 0.2) is 18.2 Å². The van der Waals surface area contributed by atoms with Gasteiger partial charge in [0.25, 0.3) is 0 Å². The molecule has 0 aliphatic rings. The first-order chi connectivity index (χ1) is 7.84. The van der Waals surface area contributed by atoms with Gasteiger partial charge in [-0.15, -0.1) is 0 Å². The molecular weight excluding hydrogens is 224 g/mol. The van der Waals surface area contributed by atoms with Gasteiger partial charge in [0.1, 0.15) is 12.2 Å². The number of hydrogen-bond donors (Lipinski definition) is 0. The monoisotopic (exact) mass is 236 g/mol. The van der Waals surface area contributed by atoms with Crippen molar-refractivity contribution < 1.29 is 19.8 Å². The number of aryl methyl sites for hydroxylation is 1. The van der Waals surface area contributed by atoms with Crippen LogP contribution in [0.2, 0.25) is 0 Å². The Morgan fingerprint density at radius 3 is 2.06 bits per heavy atom. The van der Waals surface area contributed by atoms with Crippen molar-refractivity contribution in [2.45, 2.75) is 6.92 Å². The lowest BCUT2D eigenvalue weighted by molar-refractivity contribution is -0.246. The Kier molecular flexibility index (Phi) is 3.57. The minimum absolute atomic E-state index is 0.332. The maximum atomic E-state index is 10.7. The van der Waals surface area contributed by atoms with E-state index in [9.17, 15) is 19.8 Å². The molecule has 0 atom stereocenters. The van der Waals surface area contributed by atoms with Crippen LogP contribution in [0.25, 0.3) is 0 Å². The van der Waals surface area contributed by atoms with Crippen molar-refractivity contribution in [1.29, 1.82) is 0 Å². The molecule has 0 bridgehead atoms. The van der Waals surface area contributed by atoms with E-state index in [1.54, 1.807) is 19.1 Å². The maximum absolute atomic E-state index is 10.7. The SMILES string of the molecule is Cc1ccc(N(C)C(=O)[O-])cc1N(C)C(=O)[O-]. The van der Waals surface area contributed by atoms with Gasteiger partial charge in [-0.05, 0) is 24.6 Å². The Labute approximate surface area is 98.7 Å². The molecular formula is C11H12N2O4-2. The summed E-state index contributed by atoms with van der Waals surface area (Å²) < 4.78 is 0. The molecule has 0 aromatic heterocycles. The van der Waals surface area contributed by atoms with Crippen molar-refractivity contribution in [2.24, 2.45) is 0 Å². The van der Waals surface area contributed by atoms with E-state index in [2.05, 4.69) is 0 Å². The largest absolute Gasteiger partial charge is 0.530 e. The highest BCUT2D eigenvalue weighted by Crippen LogP contribution is 2.25. The van der Waals surface area contributed by atoms with Crippen LogP contribution >= 0.6 is 0 Å². The molecule has 0 saturated heterocycles. The van der Waals surface area contributed by atoms with Crippen molar-refractivity contribution in [3.63, 3.8) is 0 Å². The fourth-order valence-corrected chi connectivity index (χ4v) is 1.37. The minimum atomic E-state index is -1.36. The van der Waals surface area contributed by atoms with Gasteiger partial charge in [0.05, 0.1) is 0 Å². The van der Waals surface area contributed by atoms with Gasteiger partial charge in [0, 0.05) is 25.5 Å². The lowest BCUT2D eigenvalue weighted by Crippen LogP contribution is -2.40. The molecule has 92 valence electrons. The first-order valence-electron chi connectivity index (χ1n) is 4.84. The van der Waals surface area contributed by atoms with Crippen LogP contribution in [0.4, 0.5) is 21.0 Å². The van der Waals surface area contributed by atoms with Crippen molar-refractivity contribution in [3.8, 4) is 0 Å². The molecule has 0 heterocycles. The van der Waals surface area contributed by atoms with Crippen molar-refractivity contribution >= 4 is 23.6 Å². The number of nitrogens with zero attached hydrogens (tertiary/aromatic N) is 2. The maximum Gasteiger partial charge on any atom is 0.141 e. The summed E-state index contributed by atoms with van der Waals surface area (Å²) in [6.45, 7) is 1.72. The standard InChI is InChI=1S/C11H14N2O4/c1-7-4-5-8(12(2)10(14)15)6-9(7)13(3)11(16)17/h4-6H,1-3H3,(H,14,15)(H,16,17)/p-2. The Hall–Kier alpha value is -2.24. The Balaban J connectivity index is 3.19. The van der Waals surface area contributed by atoms with Gasteiger partial charge in [-0.3, -0.25) is 0 Å². The molecule has 0 spiro atoms. The molecule has 0 saturated carbocycles. The van der Waals surface area contributed by atoms with Crippen molar-refractivity contribution in [2.75, 3.05) is 23.9 Å². The quantitative estimate of drug-likeness (QED) is 0.696. The molecule has 0 N–H and O–H groups in total. The normalized spacial score (nSPS) is 9.82. The summed E-state index contributed by atoms with van der Waals surface area (Å²) in [6, 6.07) is 4.64. The first-order valence-corrected chi connectivity index (χ1v) is 4.84. The van der Waals surface area contributed by atoms with E-state index in [4.69, 9.17) is 0 Å². The number of hydrogen-bond acceptors (Lipinski definition) is 4. The number of amides is 2. The molecule has 0 aliphatic heterocycles. The molecule has 2 amide bonds. The highest BCUT2D eigenvalue weighted by molar-refractivity contribution is 5.89. The highest BCUT2D eigenvalue weighted by Gasteiger charge is 2.09. The number of rotatable bonds is 2. The van der Waals surface area contributed by atoms with Crippen molar-refractivity contribution in [1.82, 2.24) is 0 Å². The lowest BCUT2D eigenvalue weighted by atomic mass is 10.1. The zero-order chi connectivity index (χ0) is 13.2. The van der Waals surface area contributed by atoms with Crippen LogP contribution < -0.4 is 20.0 Å². The molecule has 1 aromatic carbocycles. The van der Waals surface area contributed by atoms with E-state index >= 15 is 0 Å². The smallest absolute Gasteiger partial charge is 0.141 e. The summed E-state index contributed by atoms with van der Waals surface area (Å²) in [5.74, 6) is 0. The highest BCUT2D eigenvalue weighted by atomic mass is 16.4. The van der Waals surface area contributed by atoms with E-state index in [-0.39, 0.29) is 0 Å². The van der Waals surface area contributed by atoms with E-state index < -0.39 is 12.2 Å². The molecule has 0 unspecified atom stereocenters. The third-order valence-corrected chi connectivity index (χ3v) is 2.49. The van der Waals surface area contributed by atoms with Gasteiger partial charge < -0.3 is 29.6 Å². The molecule has 0 radical (unpaired) electrons. The van der Waals surface area contributed by atoms with Crippen LogP contribution in [-0.4, -0.2) is 26.3 Å². The molecule has 6 heteroatoms. The molecule has 6 nitrogen and oxygen atoms in total. The van der Waals surface area contributed by atoms with Gasteiger partial charge in [-0.25, -0.2) is 0 Å². The zero-order valence-electron chi connectivity index (χ0n) is 9.76. The third kappa shape index (κ3) is 2.66. The predicted molar refractivity (Wildman–Crippen MR) is 58.8 cm³/mol. The fraction of sp³-hybridized carbons (Fsp3) is 0.273. The second kappa shape index (κ2) is 4.73. The lowest BCUT2D eigenvalue weighted by Gasteiger charge is -2.25. The number of anilines is 2. The van der Waals surface area contributed by atoms with Crippen LogP contribution in [-0.2, 0) is 0 Å². The number of carbonyl (C=O) groups is 2. The number of carboxylic acid groups (broad SMARTS) is 2. The molecule has 0 fully saturated rings. The summed E-state index contributed by atoms with van der Waals surface area (Å²) in [6.07, 6.45) is -2.72. The van der Waals surface area contributed by atoms with Gasteiger partial charge in [-0.2, -0.15) is 0 Å². The number of benzene rings is 1. The second-order valence-corrected chi connectivity index (χ2v) is 3.62. The Morgan fingerprint density at radius 2 is 1.59 bits per heavy atom. The molecule has 17 heavy (non-hydrogen) atoms. The second-order valence-electron chi connectivity index (χ2n) is 3.62. The third-order valence-electron chi connectivity index (χ3n) is 2.49. The summed E-state index contributed by atoms with van der Waals surface area (Å²) in [4.78, 5) is 23.2. The number of carbonyl (C=O) groups excluding carboxylic acids is 2. The van der Waals surface area contributed by atoms with Gasteiger partial charge in [0.2, 0.25) is 0 Å². The first kappa shape index (κ1) is 12.8. The summed E-state index contributed by atoms with van der Waals surface area (Å²) in [7, 11) is 2.66. The summed E-state index contributed by atoms with van der Waals surface area (Å²) in [5.41, 5.74) is 1.40. The molecule has 1 rings (SSSR count). The van der Waals surface area contributed by atoms with E-state index in [1.165, 1.54) is 20.2 Å². The van der Waals surface area contributed by atoms with Gasteiger partial charge in [-0.1, -0.05) is 6.07 Å². The van der Waals surface area contributed by atoms with E-state index in [0.29, 0.717) is 16.9 Å². The zero-order valence-corrected chi connectivity index (χ0v) is 9.76. The average molecular weight is 236 g/mol. The summed E-state index contributed by atoms with van der Waals surface area (Å²) in [5, 5.41) is 21.4. The van der Waals surface area contributed by atoms with Gasteiger partial charge >= 0.3 is 0 Å². The van der Waals surface area contributed by atoms with E-state index in [0.717, 1.165) is 9.80 Å². The Morgan fingerprint density at radius 1 is 1.06 bits per heavy atom. The molecule has 1 aromatic rings. The topological polar surface area (TPSA) is 86.7 Å². The Bertz CT molecular complexity index is 459. The van der Waals surface area contributed by atoms with Crippen molar-refractivity contribution in [3.05, 3.63) is 23.8 Å². The van der Waals surface area contributed by atoms with Crippen LogP contribution in [0, 0.1) is 6.92 Å². The van der Waals surface area contributed by atoms with Crippen LogP contribution in [0.1, 0.15) is 5.56 Å². The van der Waals surface area contributed by atoms with Gasteiger partial charge in [0.15, 0.2) is 0 Å². The van der Waals surface area contributed by atoms with Crippen LogP contribution in [0.3, 0.4) is 0 Å². The average Bonchev–Trinajstić information content (AvgIpc) is 2.27. The van der Waals surface area contributed by atoms with E-state index in [1.807, 2.05) is 0 Å².